The molecule has 0 unspecified atom stereocenters. The Morgan fingerprint density at radius 1 is 0.220 bits per heavy atom. The van der Waals surface area contributed by atoms with Crippen LogP contribution in [0.2, 0.25) is 0 Å². The summed E-state index contributed by atoms with van der Waals surface area (Å²) in [6.07, 6.45) is 0. The number of fused-ring (bicyclic) bond motifs is 7. The van der Waals surface area contributed by atoms with E-state index in [1.807, 2.05) is 22.7 Å². The maximum Gasteiger partial charge on any atom is 0.0355 e. The molecule has 2 aromatic heterocycles. The van der Waals surface area contributed by atoms with Crippen molar-refractivity contribution in [3.8, 4) is 122 Å². The van der Waals surface area contributed by atoms with Gasteiger partial charge in [0.2, 0.25) is 0 Å². The number of hydrogen-bond acceptors (Lipinski definition) is 2. The molecule has 384 valence electrons. The van der Waals surface area contributed by atoms with Crippen LogP contribution in [0.5, 0.6) is 0 Å². The SMILES string of the molecule is Cc1sc2ccc(-c3cccc(-c4cccc(-c5cccc(-c6cc(-c7ccccc7)c(-c7cccc(-c8cccc(-c9cccc(-c%10ccc%11sc%12ccccc%12c%11c%10)c9)c8)c7)c7c6-c6cccc8cccc-7c68)c5)c4)c3)cc2c1C. The van der Waals surface area contributed by atoms with Crippen LogP contribution in [0.15, 0.2) is 279 Å². The van der Waals surface area contributed by atoms with E-state index in [1.165, 1.54) is 174 Å². The molecule has 16 rings (SSSR count). The second kappa shape index (κ2) is 19.5. The van der Waals surface area contributed by atoms with E-state index in [4.69, 9.17) is 0 Å². The first-order valence-corrected chi connectivity index (χ1v) is 29.9. The van der Waals surface area contributed by atoms with Crippen LogP contribution in [-0.2, 0) is 0 Å². The molecule has 0 fully saturated rings. The average molecular weight is 1080 g/mol. The molecule has 0 amide bonds. The zero-order chi connectivity index (χ0) is 54.4. The fourth-order valence-electron chi connectivity index (χ4n) is 13.0. The van der Waals surface area contributed by atoms with Gasteiger partial charge in [-0.05, 0) is 231 Å². The van der Waals surface area contributed by atoms with Crippen molar-refractivity contribution in [2.45, 2.75) is 13.8 Å². The molecule has 0 nitrogen and oxygen atoms in total. The lowest BCUT2D eigenvalue weighted by atomic mass is 9.81. The van der Waals surface area contributed by atoms with Crippen LogP contribution in [-0.4, -0.2) is 0 Å². The van der Waals surface area contributed by atoms with E-state index in [0.29, 0.717) is 0 Å². The quantitative estimate of drug-likeness (QED) is 0.135. The normalized spacial score (nSPS) is 11.8. The number of benzene rings is 13. The van der Waals surface area contributed by atoms with Gasteiger partial charge in [-0.3, -0.25) is 0 Å². The summed E-state index contributed by atoms with van der Waals surface area (Å²) in [5.74, 6) is 0. The van der Waals surface area contributed by atoms with Crippen molar-refractivity contribution < 1.29 is 0 Å². The van der Waals surface area contributed by atoms with Gasteiger partial charge in [0, 0.05) is 29.7 Å². The first-order chi connectivity index (χ1) is 40.4. The Morgan fingerprint density at radius 2 is 0.610 bits per heavy atom. The predicted octanol–water partition coefficient (Wildman–Crippen LogP) is 23.7. The van der Waals surface area contributed by atoms with E-state index in [-0.39, 0.29) is 0 Å². The summed E-state index contributed by atoms with van der Waals surface area (Å²) in [4.78, 5) is 1.39. The van der Waals surface area contributed by atoms with Crippen LogP contribution in [0, 0.1) is 13.8 Å². The fourth-order valence-corrected chi connectivity index (χ4v) is 15.2. The van der Waals surface area contributed by atoms with Gasteiger partial charge < -0.3 is 0 Å². The minimum Gasteiger partial charge on any atom is -0.140 e. The Balaban J connectivity index is 0.802. The predicted molar refractivity (Wildman–Crippen MR) is 355 cm³/mol. The molecule has 82 heavy (non-hydrogen) atoms. The molecule has 0 spiro atoms. The van der Waals surface area contributed by atoms with Crippen LogP contribution in [0.3, 0.4) is 0 Å². The standard InChI is InChI=1S/C80H52S2/c1-49-50(2)81-75-38-36-63(46-70(49)75)59-26-10-22-55(42-59)53-20-8-24-57(40-53)61-28-12-30-65(44-61)72-48-71(51-16-4-3-5-17-51)78(80-69-34-15-19-52-18-14-33-68(77(52)69)79(72)80)66-31-13-29-62(45-66)58-25-9-21-54(41-58)56-23-11-27-60(43-56)64-37-39-76-73(47-64)67-32-6-7-35-74(67)82-76/h3-48H,1-2H3. The van der Waals surface area contributed by atoms with Crippen molar-refractivity contribution in [3.63, 3.8) is 0 Å². The Morgan fingerprint density at radius 3 is 1.17 bits per heavy atom. The highest BCUT2D eigenvalue weighted by Crippen LogP contribution is 2.57. The molecule has 13 aromatic carbocycles. The lowest BCUT2D eigenvalue weighted by Crippen LogP contribution is -1.95. The molecule has 0 N–H and O–H groups in total. The Hall–Kier alpha value is -9.70. The maximum atomic E-state index is 2.49. The minimum atomic E-state index is 1.18. The minimum absolute atomic E-state index is 1.18. The summed E-state index contributed by atoms with van der Waals surface area (Å²) in [5, 5.41) is 6.57. The summed E-state index contributed by atoms with van der Waals surface area (Å²) in [6, 6.07) is 105. The highest BCUT2D eigenvalue weighted by atomic mass is 32.1. The van der Waals surface area contributed by atoms with Crippen LogP contribution in [0.4, 0.5) is 0 Å². The van der Waals surface area contributed by atoms with E-state index >= 15 is 0 Å². The van der Waals surface area contributed by atoms with Crippen molar-refractivity contribution in [1.29, 1.82) is 0 Å². The van der Waals surface area contributed by atoms with Crippen molar-refractivity contribution in [2.24, 2.45) is 0 Å². The highest BCUT2D eigenvalue weighted by Gasteiger charge is 2.30. The molecule has 1 aliphatic carbocycles. The summed E-state index contributed by atoms with van der Waals surface area (Å²) in [6.45, 7) is 4.47. The topological polar surface area (TPSA) is 0 Å². The van der Waals surface area contributed by atoms with Gasteiger partial charge in [0.25, 0.3) is 0 Å². The van der Waals surface area contributed by atoms with Crippen LogP contribution >= 0.6 is 22.7 Å². The van der Waals surface area contributed by atoms with Gasteiger partial charge in [-0.15, -0.1) is 22.7 Å². The van der Waals surface area contributed by atoms with Gasteiger partial charge in [-0.2, -0.15) is 0 Å². The Kier molecular flexibility index (Phi) is 11.5. The molecule has 2 heterocycles. The molecule has 2 heteroatoms. The monoisotopic (exact) mass is 1080 g/mol. The second-order valence-electron chi connectivity index (χ2n) is 22.0. The lowest BCUT2D eigenvalue weighted by molar-refractivity contribution is 1.47. The molecule has 0 radical (unpaired) electrons. The van der Waals surface area contributed by atoms with Gasteiger partial charge >= 0.3 is 0 Å². The van der Waals surface area contributed by atoms with Crippen LogP contribution < -0.4 is 0 Å². The first-order valence-electron chi connectivity index (χ1n) is 28.3. The lowest BCUT2D eigenvalue weighted by Gasteiger charge is -2.21. The van der Waals surface area contributed by atoms with Crippen molar-refractivity contribution in [2.75, 3.05) is 0 Å². The Bertz CT molecular complexity index is 5060. The second-order valence-corrected chi connectivity index (χ2v) is 24.3. The highest BCUT2D eigenvalue weighted by molar-refractivity contribution is 7.25. The first kappa shape index (κ1) is 48.2. The third-order valence-corrected chi connectivity index (χ3v) is 19.5. The van der Waals surface area contributed by atoms with E-state index in [2.05, 4.69) is 293 Å². The summed E-state index contributed by atoms with van der Waals surface area (Å²) >= 11 is 3.75. The smallest absolute Gasteiger partial charge is 0.0355 e. The molecule has 1 aliphatic rings. The van der Waals surface area contributed by atoms with E-state index in [0.717, 1.165) is 0 Å². The molecule has 0 aliphatic heterocycles. The third kappa shape index (κ3) is 8.17. The molecular weight excluding hydrogens is 1030 g/mol. The Labute approximate surface area is 486 Å². The largest absolute Gasteiger partial charge is 0.140 e. The van der Waals surface area contributed by atoms with Gasteiger partial charge in [0.1, 0.15) is 0 Å². The number of hydrogen-bond donors (Lipinski definition) is 0. The van der Waals surface area contributed by atoms with Crippen molar-refractivity contribution in [3.05, 3.63) is 289 Å². The van der Waals surface area contributed by atoms with Gasteiger partial charge in [-0.1, -0.05) is 206 Å². The van der Waals surface area contributed by atoms with Crippen LogP contribution in [0.25, 0.3) is 163 Å². The zero-order valence-electron chi connectivity index (χ0n) is 45.4. The maximum absolute atomic E-state index is 2.49. The van der Waals surface area contributed by atoms with Crippen molar-refractivity contribution >= 4 is 63.7 Å². The van der Waals surface area contributed by atoms with Crippen molar-refractivity contribution in [1.82, 2.24) is 0 Å². The average Bonchev–Trinajstić information content (AvgIpc) is 2.91. The summed E-state index contributed by atoms with van der Waals surface area (Å²) in [7, 11) is 0. The van der Waals surface area contributed by atoms with E-state index in [1.54, 1.807) is 0 Å². The van der Waals surface area contributed by atoms with E-state index < -0.39 is 0 Å². The molecule has 0 saturated carbocycles. The van der Waals surface area contributed by atoms with Gasteiger partial charge in [-0.25, -0.2) is 0 Å². The number of rotatable bonds is 9. The van der Waals surface area contributed by atoms with Gasteiger partial charge in [0.05, 0.1) is 0 Å². The molecule has 15 aromatic rings. The van der Waals surface area contributed by atoms with Crippen LogP contribution in [0.1, 0.15) is 10.4 Å². The summed E-state index contributed by atoms with van der Waals surface area (Å²) in [5.41, 5.74) is 28.3. The molecule has 0 atom stereocenters. The van der Waals surface area contributed by atoms with Gasteiger partial charge in [0.15, 0.2) is 0 Å². The van der Waals surface area contributed by atoms with E-state index in [9.17, 15) is 0 Å². The zero-order valence-corrected chi connectivity index (χ0v) is 47.0. The summed E-state index contributed by atoms with van der Waals surface area (Å²) < 4.78 is 4.00. The molecule has 0 bridgehead atoms. The fraction of sp³-hybridized carbons (Fsp3) is 0.0250. The molecule has 0 saturated heterocycles. The third-order valence-electron chi connectivity index (χ3n) is 17.2. The molecular formula is C80H52S2. The number of thiophene rings is 2. The number of aryl methyl sites for hydroxylation is 2.